The maximum absolute atomic E-state index is 9.70. The monoisotopic (exact) mass is 211 g/mol. The quantitative estimate of drug-likeness (QED) is 0.751. The molecule has 0 radical (unpaired) electrons. The number of aliphatic hydroxyl groups is 1. The minimum Gasteiger partial charge on any atom is -0.394 e. The van der Waals surface area contributed by atoms with Crippen LogP contribution in [-0.2, 0) is 0 Å². The van der Waals surface area contributed by atoms with Crippen molar-refractivity contribution in [3.63, 3.8) is 0 Å². The highest BCUT2D eigenvalue weighted by Crippen LogP contribution is 2.44. The molecule has 0 aliphatic heterocycles. The minimum absolute atomic E-state index is 0.0245. The molecule has 2 rings (SSSR count). The Morgan fingerprint density at radius 3 is 2.40 bits per heavy atom. The van der Waals surface area contributed by atoms with E-state index in [1.54, 1.807) is 0 Å². The third kappa shape index (κ3) is 2.36. The predicted octanol–water partition coefficient (Wildman–Crippen LogP) is 2.32. The van der Waals surface area contributed by atoms with Gasteiger partial charge < -0.3 is 10.4 Å². The zero-order chi connectivity index (χ0) is 11.1. The first-order chi connectivity index (χ1) is 6.97. The first-order valence-corrected chi connectivity index (χ1v) is 6.36. The highest BCUT2D eigenvalue weighted by atomic mass is 16.3. The highest BCUT2D eigenvalue weighted by Gasteiger charge is 2.45. The SMILES string of the molecule is CC1CC(C)(C)CCC1(CO)NC1CC1. The van der Waals surface area contributed by atoms with E-state index in [9.17, 15) is 5.11 Å². The van der Waals surface area contributed by atoms with Crippen LogP contribution in [0.1, 0.15) is 52.9 Å². The van der Waals surface area contributed by atoms with Gasteiger partial charge in [-0.05, 0) is 43.4 Å². The number of rotatable bonds is 3. The highest BCUT2D eigenvalue weighted by molar-refractivity contribution is 5.02. The number of hydrogen-bond donors (Lipinski definition) is 2. The van der Waals surface area contributed by atoms with E-state index in [1.807, 2.05) is 0 Å². The fourth-order valence-electron chi connectivity index (χ4n) is 3.06. The van der Waals surface area contributed by atoms with Crippen LogP contribution in [0, 0.1) is 11.3 Å². The largest absolute Gasteiger partial charge is 0.394 e. The molecule has 2 unspecified atom stereocenters. The Morgan fingerprint density at radius 1 is 1.27 bits per heavy atom. The van der Waals surface area contributed by atoms with Crippen LogP contribution in [0.5, 0.6) is 0 Å². The summed E-state index contributed by atoms with van der Waals surface area (Å²) in [6, 6.07) is 0.695. The fourth-order valence-corrected chi connectivity index (χ4v) is 3.06. The van der Waals surface area contributed by atoms with Crippen molar-refractivity contribution in [1.82, 2.24) is 5.32 Å². The second-order valence-electron chi connectivity index (χ2n) is 6.50. The Balaban J connectivity index is 2.04. The summed E-state index contributed by atoms with van der Waals surface area (Å²) in [6.45, 7) is 7.30. The minimum atomic E-state index is 0.0245. The van der Waals surface area contributed by atoms with E-state index >= 15 is 0 Å². The lowest BCUT2D eigenvalue weighted by atomic mass is 9.64. The van der Waals surface area contributed by atoms with Crippen LogP contribution in [0.15, 0.2) is 0 Å². The van der Waals surface area contributed by atoms with E-state index in [1.165, 1.54) is 25.7 Å². The Bertz CT molecular complexity index is 235. The zero-order valence-electron chi connectivity index (χ0n) is 10.3. The molecule has 0 aromatic heterocycles. The molecule has 0 aromatic carbocycles. The van der Waals surface area contributed by atoms with Gasteiger partial charge in [-0.15, -0.1) is 0 Å². The average Bonchev–Trinajstić information content (AvgIpc) is 2.93. The van der Waals surface area contributed by atoms with Crippen LogP contribution in [0.4, 0.5) is 0 Å². The van der Waals surface area contributed by atoms with E-state index in [0.717, 1.165) is 6.42 Å². The zero-order valence-corrected chi connectivity index (χ0v) is 10.3. The molecule has 88 valence electrons. The molecular weight excluding hydrogens is 186 g/mol. The molecule has 0 heterocycles. The Morgan fingerprint density at radius 2 is 1.93 bits per heavy atom. The molecule has 2 saturated carbocycles. The Kier molecular flexibility index (Phi) is 2.85. The van der Waals surface area contributed by atoms with Gasteiger partial charge in [-0.2, -0.15) is 0 Å². The summed E-state index contributed by atoms with van der Waals surface area (Å²) in [6.07, 6.45) is 6.20. The summed E-state index contributed by atoms with van der Waals surface area (Å²) in [5, 5.41) is 13.4. The smallest absolute Gasteiger partial charge is 0.0616 e. The number of nitrogens with one attached hydrogen (secondary N) is 1. The first-order valence-electron chi connectivity index (χ1n) is 6.36. The van der Waals surface area contributed by atoms with Gasteiger partial charge in [-0.3, -0.25) is 0 Å². The summed E-state index contributed by atoms with van der Waals surface area (Å²) >= 11 is 0. The van der Waals surface area contributed by atoms with E-state index in [-0.39, 0.29) is 5.54 Å². The van der Waals surface area contributed by atoms with Crippen molar-refractivity contribution >= 4 is 0 Å². The van der Waals surface area contributed by atoms with Gasteiger partial charge in [0.1, 0.15) is 0 Å². The first kappa shape index (κ1) is 11.4. The van der Waals surface area contributed by atoms with Gasteiger partial charge >= 0.3 is 0 Å². The summed E-state index contributed by atoms with van der Waals surface area (Å²) in [7, 11) is 0. The molecule has 0 aromatic rings. The second-order valence-corrected chi connectivity index (χ2v) is 6.50. The normalized spacial score (nSPS) is 40.4. The van der Waals surface area contributed by atoms with Crippen LogP contribution in [0.2, 0.25) is 0 Å². The van der Waals surface area contributed by atoms with Crippen molar-refractivity contribution in [2.45, 2.75) is 64.5 Å². The lowest BCUT2D eigenvalue weighted by Gasteiger charge is -2.48. The van der Waals surface area contributed by atoms with Gasteiger partial charge in [-0.1, -0.05) is 20.8 Å². The summed E-state index contributed by atoms with van der Waals surface area (Å²) < 4.78 is 0. The van der Waals surface area contributed by atoms with Crippen LogP contribution >= 0.6 is 0 Å². The summed E-state index contributed by atoms with van der Waals surface area (Å²) in [5.41, 5.74) is 0.486. The van der Waals surface area contributed by atoms with E-state index < -0.39 is 0 Å². The van der Waals surface area contributed by atoms with Gasteiger partial charge in [0.05, 0.1) is 6.61 Å². The van der Waals surface area contributed by atoms with E-state index in [4.69, 9.17) is 0 Å². The predicted molar refractivity (Wildman–Crippen MR) is 62.8 cm³/mol. The van der Waals surface area contributed by atoms with Crippen LogP contribution < -0.4 is 5.32 Å². The van der Waals surface area contributed by atoms with E-state index in [0.29, 0.717) is 24.0 Å². The molecule has 0 saturated heterocycles. The van der Waals surface area contributed by atoms with Crippen molar-refractivity contribution in [2.75, 3.05) is 6.61 Å². The van der Waals surface area contributed by atoms with Crippen LogP contribution in [-0.4, -0.2) is 23.3 Å². The van der Waals surface area contributed by atoms with Gasteiger partial charge in [0.25, 0.3) is 0 Å². The molecular formula is C13H25NO. The van der Waals surface area contributed by atoms with Crippen LogP contribution in [0.3, 0.4) is 0 Å². The average molecular weight is 211 g/mol. The van der Waals surface area contributed by atoms with Gasteiger partial charge in [-0.25, -0.2) is 0 Å². The van der Waals surface area contributed by atoms with Crippen molar-refractivity contribution in [3.8, 4) is 0 Å². The lowest BCUT2D eigenvalue weighted by molar-refractivity contribution is 0.0266. The maximum atomic E-state index is 9.70. The third-order valence-corrected chi connectivity index (χ3v) is 4.40. The van der Waals surface area contributed by atoms with Crippen LogP contribution in [0.25, 0.3) is 0 Å². The van der Waals surface area contributed by atoms with Gasteiger partial charge in [0.2, 0.25) is 0 Å². The molecule has 2 atom stereocenters. The third-order valence-electron chi connectivity index (χ3n) is 4.40. The lowest BCUT2D eigenvalue weighted by Crippen LogP contribution is -2.58. The Labute approximate surface area is 93.5 Å². The standard InChI is InChI=1S/C13H25NO/c1-10-8-12(2,3)6-7-13(10,9-15)14-11-4-5-11/h10-11,14-15H,4-9H2,1-3H3. The molecule has 15 heavy (non-hydrogen) atoms. The van der Waals surface area contributed by atoms with Gasteiger partial charge in [0, 0.05) is 11.6 Å². The molecule has 0 bridgehead atoms. The Hall–Kier alpha value is -0.0800. The molecule has 2 heteroatoms. The molecule has 2 aliphatic carbocycles. The molecule has 0 spiro atoms. The molecule has 2 fully saturated rings. The summed E-state index contributed by atoms with van der Waals surface area (Å²) in [5.74, 6) is 0.590. The fraction of sp³-hybridized carbons (Fsp3) is 1.00. The van der Waals surface area contributed by atoms with Gasteiger partial charge in [0.15, 0.2) is 0 Å². The number of aliphatic hydroxyl groups excluding tert-OH is 1. The van der Waals surface area contributed by atoms with E-state index in [2.05, 4.69) is 26.1 Å². The number of hydrogen-bond acceptors (Lipinski definition) is 2. The van der Waals surface area contributed by atoms with Crippen molar-refractivity contribution in [2.24, 2.45) is 11.3 Å². The topological polar surface area (TPSA) is 32.3 Å². The maximum Gasteiger partial charge on any atom is 0.0616 e. The van der Waals surface area contributed by atoms with Crippen molar-refractivity contribution in [3.05, 3.63) is 0 Å². The summed E-state index contributed by atoms with van der Waals surface area (Å²) in [4.78, 5) is 0. The second kappa shape index (κ2) is 3.74. The molecule has 0 amide bonds. The van der Waals surface area contributed by atoms with Crippen molar-refractivity contribution < 1.29 is 5.11 Å². The molecule has 2 nitrogen and oxygen atoms in total. The molecule has 2 N–H and O–H groups in total. The van der Waals surface area contributed by atoms with Crippen molar-refractivity contribution in [1.29, 1.82) is 0 Å². The molecule has 2 aliphatic rings.